The quantitative estimate of drug-likeness (QED) is 0.783. The molecule has 1 rings (SSSR count). The second-order valence-corrected chi connectivity index (χ2v) is 4.27. The minimum absolute atomic E-state index is 0.285. The standard InChI is InChI=1S/C9H15NOS/c1-6(2)9-10-8(5-12-9)4-7(3)11/h5-7,11H,4H2,1-3H3/t7-/m1/s1. The summed E-state index contributed by atoms with van der Waals surface area (Å²) in [5.74, 6) is 0.498. The van der Waals surface area contributed by atoms with Crippen molar-refractivity contribution >= 4 is 11.3 Å². The Morgan fingerprint density at radius 2 is 2.17 bits per heavy atom. The van der Waals surface area contributed by atoms with Crippen LogP contribution in [0.2, 0.25) is 0 Å². The van der Waals surface area contributed by atoms with Crippen molar-refractivity contribution in [3.05, 3.63) is 16.1 Å². The number of aliphatic hydroxyl groups excluding tert-OH is 1. The number of aliphatic hydroxyl groups is 1. The zero-order chi connectivity index (χ0) is 9.14. The summed E-state index contributed by atoms with van der Waals surface area (Å²) in [6.45, 7) is 6.05. The predicted molar refractivity (Wildman–Crippen MR) is 51.6 cm³/mol. The summed E-state index contributed by atoms with van der Waals surface area (Å²) in [6, 6.07) is 0. The lowest BCUT2D eigenvalue weighted by atomic mass is 10.2. The van der Waals surface area contributed by atoms with Gasteiger partial charge >= 0.3 is 0 Å². The molecular weight excluding hydrogens is 170 g/mol. The molecule has 0 fully saturated rings. The molecule has 0 saturated heterocycles. The van der Waals surface area contributed by atoms with E-state index in [9.17, 15) is 0 Å². The summed E-state index contributed by atoms with van der Waals surface area (Å²) in [7, 11) is 0. The van der Waals surface area contributed by atoms with Crippen LogP contribution in [0.5, 0.6) is 0 Å². The molecule has 12 heavy (non-hydrogen) atoms. The van der Waals surface area contributed by atoms with Crippen LogP contribution >= 0.6 is 11.3 Å². The molecule has 1 aromatic heterocycles. The van der Waals surface area contributed by atoms with Gasteiger partial charge < -0.3 is 5.11 Å². The second kappa shape index (κ2) is 4.01. The average molecular weight is 185 g/mol. The van der Waals surface area contributed by atoms with E-state index in [4.69, 9.17) is 5.11 Å². The first-order valence-electron chi connectivity index (χ1n) is 4.22. The second-order valence-electron chi connectivity index (χ2n) is 3.38. The van der Waals surface area contributed by atoms with E-state index in [1.54, 1.807) is 18.3 Å². The molecule has 1 aromatic rings. The molecule has 0 saturated carbocycles. The molecule has 0 aromatic carbocycles. The molecule has 0 unspecified atom stereocenters. The van der Waals surface area contributed by atoms with Crippen molar-refractivity contribution in [1.82, 2.24) is 4.98 Å². The summed E-state index contributed by atoms with van der Waals surface area (Å²) in [6.07, 6.45) is 0.385. The molecule has 1 heterocycles. The lowest BCUT2D eigenvalue weighted by molar-refractivity contribution is 0.194. The van der Waals surface area contributed by atoms with E-state index < -0.39 is 0 Å². The summed E-state index contributed by atoms with van der Waals surface area (Å²) < 4.78 is 0. The molecular formula is C9H15NOS. The predicted octanol–water partition coefficient (Wildman–Crippen LogP) is 2.19. The van der Waals surface area contributed by atoms with Crippen molar-refractivity contribution < 1.29 is 5.11 Å². The Morgan fingerprint density at radius 3 is 2.58 bits per heavy atom. The molecule has 0 amide bonds. The highest BCUT2D eigenvalue weighted by Crippen LogP contribution is 2.19. The maximum atomic E-state index is 9.12. The highest BCUT2D eigenvalue weighted by Gasteiger charge is 2.06. The summed E-state index contributed by atoms with van der Waals surface area (Å²) in [5, 5.41) is 12.3. The summed E-state index contributed by atoms with van der Waals surface area (Å²) in [4.78, 5) is 4.41. The van der Waals surface area contributed by atoms with Gasteiger partial charge in [0.05, 0.1) is 16.8 Å². The fraction of sp³-hybridized carbons (Fsp3) is 0.667. The van der Waals surface area contributed by atoms with E-state index in [1.165, 1.54) is 0 Å². The number of hydrogen-bond acceptors (Lipinski definition) is 3. The smallest absolute Gasteiger partial charge is 0.0953 e. The van der Waals surface area contributed by atoms with Crippen molar-refractivity contribution in [3.63, 3.8) is 0 Å². The van der Waals surface area contributed by atoms with Gasteiger partial charge in [0.25, 0.3) is 0 Å². The van der Waals surface area contributed by atoms with Crippen LogP contribution in [-0.2, 0) is 6.42 Å². The molecule has 0 aliphatic carbocycles. The number of thiazole rings is 1. The third-order valence-corrected chi connectivity index (χ3v) is 2.76. The Hall–Kier alpha value is -0.410. The van der Waals surface area contributed by atoms with Crippen molar-refractivity contribution in [3.8, 4) is 0 Å². The number of nitrogens with zero attached hydrogens (tertiary/aromatic N) is 1. The molecule has 0 bridgehead atoms. The van der Waals surface area contributed by atoms with E-state index in [0.717, 1.165) is 10.7 Å². The Morgan fingerprint density at radius 1 is 1.50 bits per heavy atom. The minimum atomic E-state index is -0.285. The SMILES string of the molecule is CC(C)c1nc(C[C@@H](C)O)cs1. The van der Waals surface area contributed by atoms with Crippen molar-refractivity contribution in [1.29, 1.82) is 0 Å². The van der Waals surface area contributed by atoms with E-state index in [2.05, 4.69) is 18.8 Å². The summed E-state index contributed by atoms with van der Waals surface area (Å²) >= 11 is 1.68. The maximum Gasteiger partial charge on any atom is 0.0953 e. The molecule has 0 radical (unpaired) electrons. The van der Waals surface area contributed by atoms with Crippen LogP contribution in [0.25, 0.3) is 0 Å². The Kier molecular flexibility index (Phi) is 3.23. The van der Waals surface area contributed by atoms with Crippen LogP contribution in [0, 0.1) is 0 Å². The molecule has 1 N–H and O–H groups in total. The number of hydrogen-bond donors (Lipinski definition) is 1. The van der Waals surface area contributed by atoms with Gasteiger partial charge in [0.1, 0.15) is 0 Å². The average Bonchev–Trinajstić information content (AvgIpc) is 2.34. The van der Waals surface area contributed by atoms with Gasteiger partial charge in [-0.2, -0.15) is 0 Å². The number of rotatable bonds is 3. The molecule has 2 nitrogen and oxygen atoms in total. The van der Waals surface area contributed by atoms with Gasteiger partial charge in [0, 0.05) is 17.7 Å². The third-order valence-electron chi connectivity index (χ3n) is 1.57. The Bertz CT molecular complexity index is 242. The van der Waals surface area contributed by atoms with Crippen LogP contribution in [0.15, 0.2) is 5.38 Å². The first-order chi connectivity index (χ1) is 5.59. The van der Waals surface area contributed by atoms with Gasteiger partial charge in [0.15, 0.2) is 0 Å². The first kappa shape index (κ1) is 9.68. The fourth-order valence-corrected chi connectivity index (χ4v) is 1.83. The molecule has 68 valence electrons. The van der Waals surface area contributed by atoms with Crippen molar-refractivity contribution in [2.24, 2.45) is 0 Å². The van der Waals surface area contributed by atoms with Crippen LogP contribution in [0.4, 0.5) is 0 Å². The van der Waals surface area contributed by atoms with Gasteiger partial charge in [0.2, 0.25) is 0 Å². The normalized spacial score (nSPS) is 13.8. The molecule has 0 aliphatic rings. The van der Waals surface area contributed by atoms with Gasteiger partial charge in [-0.25, -0.2) is 4.98 Å². The first-order valence-corrected chi connectivity index (χ1v) is 5.10. The fourth-order valence-electron chi connectivity index (χ4n) is 0.984. The monoisotopic (exact) mass is 185 g/mol. The van der Waals surface area contributed by atoms with Gasteiger partial charge in [-0.15, -0.1) is 11.3 Å². The highest BCUT2D eigenvalue weighted by atomic mass is 32.1. The lowest BCUT2D eigenvalue weighted by Gasteiger charge is -1.99. The van der Waals surface area contributed by atoms with Crippen LogP contribution < -0.4 is 0 Å². The Balaban J connectivity index is 2.64. The van der Waals surface area contributed by atoms with Gasteiger partial charge in [-0.3, -0.25) is 0 Å². The lowest BCUT2D eigenvalue weighted by Crippen LogP contribution is -2.04. The van der Waals surface area contributed by atoms with Gasteiger partial charge in [-0.05, 0) is 6.92 Å². The van der Waals surface area contributed by atoms with Crippen LogP contribution in [0.3, 0.4) is 0 Å². The van der Waals surface area contributed by atoms with Crippen LogP contribution in [0.1, 0.15) is 37.4 Å². The summed E-state index contributed by atoms with van der Waals surface area (Å²) in [5.41, 5.74) is 1.01. The van der Waals surface area contributed by atoms with E-state index >= 15 is 0 Å². The molecule has 3 heteroatoms. The topological polar surface area (TPSA) is 33.1 Å². The van der Waals surface area contributed by atoms with Crippen LogP contribution in [-0.4, -0.2) is 16.2 Å². The van der Waals surface area contributed by atoms with Crippen molar-refractivity contribution in [2.45, 2.75) is 39.2 Å². The Labute approximate surface area is 77.3 Å². The zero-order valence-corrected chi connectivity index (χ0v) is 8.56. The highest BCUT2D eigenvalue weighted by molar-refractivity contribution is 7.09. The largest absolute Gasteiger partial charge is 0.393 e. The van der Waals surface area contributed by atoms with Gasteiger partial charge in [-0.1, -0.05) is 13.8 Å². The van der Waals surface area contributed by atoms with E-state index in [-0.39, 0.29) is 6.10 Å². The maximum absolute atomic E-state index is 9.12. The minimum Gasteiger partial charge on any atom is -0.393 e. The molecule has 0 aliphatic heterocycles. The third kappa shape index (κ3) is 2.57. The van der Waals surface area contributed by atoms with E-state index in [1.807, 2.05) is 5.38 Å². The van der Waals surface area contributed by atoms with Crippen molar-refractivity contribution in [2.75, 3.05) is 0 Å². The molecule has 0 spiro atoms. The molecule has 1 atom stereocenters. The zero-order valence-electron chi connectivity index (χ0n) is 7.74. The van der Waals surface area contributed by atoms with E-state index in [0.29, 0.717) is 12.3 Å². The number of aromatic nitrogens is 1.